The fourth-order valence-corrected chi connectivity index (χ4v) is 2.34. The maximum atomic E-state index is 11.2. The van der Waals surface area contributed by atoms with Gasteiger partial charge in [0.1, 0.15) is 0 Å². The van der Waals surface area contributed by atoms with E-state index in [9.17, 15) is 4.46 Å². The second kappa shape index (κ2) is 1.99. The van der Waals surface area contributed by atoms with E-state index < -0.39 is 8.68 Å². The summed E-state index contributed by atoms with van der Waals surface area (Å²) in [6.45, 7) is 0. The summed E-state index contributed by atoms with van der Waals surface area (Å²) in [5.74, 6) is 0. The Morgan fingerprint density at radius 3 is 2.80 bits per heavy atom. The quantitative estimate of drug-likeness (QED) is 0.497. The Morgan fingerprint density at radius 1 is 1.20 bits per heavy atom. The Bertz CT molecular complexity index is 315. The minimum atomic E-state index is -1.54. The molecule has 0 atom stereocenters. The second-order valence-electron chi connectivity index (χ2n) is 2.28. The molecule has 1 heterocycles. The molecule has 0 radical (unpaired) electrons. The van der Waals surface area contributed by atoms with Gasteiger partial charge in [-0.2, -0.15) is 0 Å². The molecule has 0 unspecified atom stereocenters. The van der Waals surface area contributed by atoms with Crippen LogP contribution in [-0.4, -0.2) is 8.68 Å². The van der Waals surface area contributed by atoms with Gasteiger partial charge in [-0.1, -0.05) is 30.3 Å². The molecule has 1 aromatic rings. The molecular formula is C8H6OSi. The summed E-state index contributed by atoms with van der Waals surface area (Å²) in [7, 11) is -1.54. The van der Waals surface area contributed by atoms with Crippen LogP contribution in [0.5, 0.6) is 0 Å². The molecule has 10 heavy (non-hydrogen) atoms. The smallest absolute Gasteiger partial charge is 0.339 e. The van der Waals surface area contributed by atoms with Crippen molar-refractivity contribution in [2.75, 3.05) is 0 Å². The molecule has 0 saturated heterocycles. The van der Waals surface area contributed by atoms with E-state index in [1.807, 2.05) is 30.3 Å². The predicted molar refractivity (Wildman–Crippen MR) is 41.6 cm³/mol. The van der Waals surface area contributed by atoms with Crippen LogP contribution in [0.2, 0.25) is 0 Å². The van der Waals surface area contributed by atoms with Crippen LogP contribution >= 0.6 is 0 Å². The fraction of sp³-hybridized carbons (Fsp3) is 0. The van der Waals surface area contributed by atoms with Gasteiger partial charge in [0.05, 0.1) is 0 Å². The normalized spacial score (nSPS) is 13.8. The zero-order valence-electron chi connectivity index (χ0n) is 5.37. The van der Waals surface area contributed by atoms with Crippen molar-refractivity contribution < 1.29 is 4.46 Å². The van der Waals surface area contributed by atoms with E-state index in [0.29, 0.717) is 0 Å². The van der Waals surface area contributed by atoms with Gasteiger partial charge in [0.15, 0.2) is 0 Å². The number of hydrogen-bond acceptors (Lipinski definition) is 1. The molecule has 1 aliphatic rings. The van der Waals surface area contributed by atoms with Gasteiger partial charge in [0.2, 0.25) is 0 Å². The molecule has 0 bridgehead atoms. The summed E-state index contributed by atoms with van der Waals surface area (Å²) < 4.78 is 11.2. The molecular weight excluding hydrogens is 140 g/mol. The molecule has 0 spiro atoms. The largest absolute Gasteiger partial charge is 0.377 e. The minimum absolute atomic E-state index is 1.01. The summed E-state index contributed by atoms with van der Waals surface area (Å²) in [4.78, 5) is 0. The van der Waals surface area contributed by atoms with E-state index in [1.165, 1.54) is 0 Å². The van der Waals surface area contributed by atoms with Crippen molar-refractivity contribution in [1.82, 2.24) is 0 Å². The number of hydrogen-bond donors (Lipinski definition) is 0. The van der Waals surface area contributed by atoms with Crippen LogP contribution in [-0.2, 0) is 4.46 Å². The summed E-state index contributed by atoms with van der Waals surface area (Å²) in [6, 6.07) is 7.80. The first-order valence-corrected chi connectivity index (χ1v) is 4.68. The van der Waals surface area contributed by atoms with Gasteiger partial charge in [0.25, 0.3) is 0 Å². The summed E-state index contributed by atoms with van der Waals surface area (Å²) in [6.07, 6.45) is 1.93. The van der Waals surface area contributed by atoms with E-state index in [2.05, 4.69) is 0 Å². The van der Waals surface area contributed by atoms with E-state index in [1.54, 1.807) is 5.70 Å². The number of fused-ring (bicyclic) bond motifs is 1. The molecule has 0 amide bonds. The molecule has 0 N–H and O–H groups in total. The molecule has 0 saturated carbocycles. The molecule has 1 aromatic carbocycles. The average molecular weight is 146 g/mol. The van der Waals surface area contributed by atoms with Crippen molar-refractivity contribution in [3.8, 4) is 0 Å². The van der Waals surface area contributed by atoms with Crippen LogP contribution in [0.3, 0.4) is 0 Å². The Morgan fingerprint density at radius 2 is 2.00 bits per heavy atom. The lowest BCUT2D eigenvalue weighted by molar-refractivity contribution is 0.575. The Balaban J connectivity index is 2.70. The Labute approximate surface area is 60.7 Å². The fourth-order valence-electron chi connectivity index (χ4n) is 1.12. The second-order valence-corrected chi connectivity index (χ2v) is 3.89. The van der Waals surface area contributed by atoms with Crippen LogP contribution in [0.25, 0.3) is 6.08 Å². The maximum absolute atomic E-state index is 11.2. The first kappa shape index (κ1) is 5.74. The first-order chi connectivity index (χ1) is 4.88. The van der Waals surface area contributed by atoms with Gasteiger partial charge < -0.3 is 4.46 Å². The molecule has 0 aromatic heterocycles. The van der Waals surface area contributed by atoms with Crippen molar-refractivity contribution in [2.45, 2.75) is 0 Å². The highest BCUT2D eigenvalue weighted by Crippen LogP contribution is 2.04. The van der Waals surface area contributed by atoms with Crippen LogP contribution in [0.15, 0.2) is 30.0 Å². The summed E-state index contributed by atoms with van der Waals surface area (Å²) >= 11 is 0. The van der Waals surface area contributed by atoms with Gasteiger partial charge in [-0.3, -0.25) is 0 Å². The zero-order chi connectivity index (χ0) is 6.97. The maximum Gasteiger partial charge on any atom is 0.339 e. The Hall–Kier alpha value is -1.02. The average Bonchev–Trinajstić information content (AvgIpc) is 2.34. The van der Waals surface area contributed by atoms with Crippen LogP contribution in [0.1, 0.15) is 5.56 Å². The lowest BCUT2D eigenvalue weighted by Gasteiger charge is -1.91. The van der Waals surface area contributed by atoms with Crippen molar-refractivity contribution in [3.05, 3.63) is 35.5 Å². The SMILES string of the molecule is O=[Si]1C=Cc2ccccc21. The Kier molecular flexibility index (Phi) is 1.14. The predicted octanol–water partition coefficient (Wildman–Crippen LogP) is 0.882. The molecule has 1 aliphatic heterocycles. The van der Waals surface area contributed by atoms with Gasteiger partial charge in [-0.05, 0) is 11.3 Å². The molecule has 48 valence electrons. The molecule has 0 aliphatic carbocycles. The van der Waals surface area contributed by atoms with E-state index in [4.69, 9.17) is 0 Å². The van der Waals surface area contributed by atoms with E-state index in [-0.39, 0.29) is 0 Å². The third-order valence-electron chi connectivity index (χ3n) is 1.64. The van der Waals surface area contributed by atoms with Gasteiger partial charge in [0, 0.05) is 5.19 Å². The first-order valence-electron chi connectivity index (χ1n) is 3.19. The van der Waals surface area contributed by atoms with Crippen molar-refractivity contribution in [1.29, 1.82) is 0 Å². The van der Waals surface area contributed by atoms with Crippen LogP contribution < -0.4 is 5.19 Å². The number of rotatable bonds is 0. The summed E-state index contributed by atoms with van der Waals surface area (Å²) in [5.41, 5.74) is 2.90. The van der Waals surface area contributed by atoms with Crippen LogP contribution in [0.4, 0.5) is 0 Å². The van der Waals surface area contributed by atoms with Gasteiger partial charge >= 0.3 is 8.68 Å². The monoisotopic (exact) mass is 146 g/mol. The van der Waals surface area contributed by atoms with E-state index >= 15 is 0 Å². The third-order valence-corrected chi connectivity index (χ3v) is 3.10. The van der Waals surface area contributed by atoms with Crippen molar-refractivity contribution in [3.63, 3.8) is 0 Å². The number of benzene rings is 1. The van der Waals surface area contributed by atoms with Gasteiger partial charge in [-0.25, -0.2) is 0 Å². The molecule has 2 heteroatoms. The highest BCUT2D eigenvalue weighted by molar-refractivity contribution is 6.68. The standard InChI is InChI=1S/C8H6OSi/c9-10-6-5-7-3-1-2-4-8(7)10/h1-6H. The lowest BCUT2D eigenvalue weighted by atomic mass is 10.2. The minimum Gasteiger partial charge on any atom is -0.377 e. The van der Waals surface area contributed by atoms with E-state index in [0.717, 1.165) is 10.8 Å². The van der Waals surface area contributed by atoms with Crippen LogP contribution in [0, 0.1) is 0 Å². The van der Waals surface area contributed by atoms with Crippen molar-refractivity contribution >= 4 is 19.9 Å². The molecule has 1 nitrogen and oxygen atoms in total. The highest BCUT2D eigenvalue weighted by atomic mass is 28.3. The zero-order valence-corrected chi connectivity index (χ0v) is 6.37. The molecule has 2 rings (SSSR count). The molecule has 0 fully saturated rings. The van der Waals surface area contributed by atoms with Gasteiger partial charge in [-0.15, -0.1) is 0 Å². The third kappa shape index (κ3) is 0.692. The lowest BCUT2D eigenvalue weighted by Crippen LogP contribution is -2.16. The highest BCUT2D eigenvalue weighted by Gasteiger charge is 2.13. The summed E-state index contributed by atoms with van der Waals surface area (Å²) in [5, 5.41) is 1.01. The topological polar surface area (TPSA) is 17.1 Å². The van der Waals surface area contributed by atoms with Crippen molar-refractivity contribution in [2.24, 2.45) is 0 Å².